The minimum Gasteiger partial charge on any atom is -0.372 e. The zero-order valence-electron chi connectivity index (χ0n) is 11.6. The highest BCUT2D eigenvalue weighted by Gasteiger charge is 2.16. The fourth-order valence-electron chi connectivity index (χ4n) is 2.17. The number of rotatable bonds is 5. The molecule has 0 unspecified atom stereocenters. The van der Waals surface area contributed by atoms with E-state index in [1.54, 1.807) is 12.1 Å². The number of sulfonamides is 1. The Morgan fingerprint density at radius 3 is 2.26 bits per heavy atom. The molecule has 106 valence electrons. The van der Waals surface area contributed by atoms with Crippen molar-refractivity contribution in [3.05, 3.63) is 24.3 Å². The molecule has 0 saturated carbocycles. The van der Waals surface area contributed by atoms with Gasteiger partial charge in [-0.1, -0.05) is 13.8 Å². The standard InChI is InChI=1S/C14H22N2O2S/c1-12(2)11-15-19(17,18)14-7-5-13(6-8-14)16-9-3-4-10-16/h5-8,12,15H,3-4,9-11H2,1-2H3. The first-order valence-corrected chi connectivity index (χ1v) is 8.32. The van der Waals surface area contributed by atoms with Crippen LogP contribution < -0.4 is 9.62 Å². The van der Waals surface area contributed by atoms with E-state index < -0.39 is 10.0 Å². The molecule has 1 aliphatic heterocycles. The van der Waals surface area contributed by atoms with E-state index in [2.05, 4.69) is 9.62 Å². The third-order valence-electron chi connectivity index (χ3n) is 3.30. The van der Waals surface area contributed by atoms with Crippen molar-refractivity contribution < 1.29 is 8.42 Å². The van der Waals surface area contributed by atoms with E-state index in [1.165, 1.54) is 12.8 Å². The molecule has 2 rings (SSSR count). The molecule has 1 aromatic carbocycles. The van der Waals surface area contributed by atoms with Crippen molar-refractivity contribution in [2.24, 2.45) is 5.92 Å². The van der Waals surface area contributed by atoms with Crippen LogP contribution in [0.4, 0.5) is 5.69 Å². The predicted molar refractivity (Wildman–Crippen MR) is 77.9 cm³/mol. The fraction of sp³-hybridized carbons (Fsp3) is 0.571. The summed E-state index contributed by atoms with van der Waals surface area (Å²) < 4.78 is 26.7. The number of benzene rings is 1. The summed E-state index contributed by atoms with van der Waals surface area (Å²) in [4.78, 5) is 2.63. The second-order valence-corrected chi connectivity index (χ2v) is 7.20. The van der Waals surface area contributed by atoms with Crippen molar-refractivity contribution in [3.63, 3.8) is 0 Å². The van der Waals surface area contributed by atoms with Crippen LogP contribution in [0, 0.1) is 5.92 Å². The zero-order chi connectivity index (χ0) is 13.9. The van der Waals surface area contributed by atoms with Gasteiger partial charge in [-0.3, -0.25) is 0 Å². The summed E-state index contributed by atoms with van der Waals surface area (Å²) in [6.07, 6.45) is 2.44. The van der Waals surface area contributed by atoms with Gasteiger partial charge in [-0.05, 0) is 43.0 Å². The first-order valence-electron chi connectivity index (χ1n) is 6.84. The smallest absolute Gasteiger partial charge is 0.240 e. The van der Waals surface area contributed by atoms with Crippen LogP contribution in [0.25, 0.3) is 0 Å². The van der Waals surface area contributed by atoms with Gasteiger partial charge in [0.05, 0.1) is 4.90 Å². The van der Waals surface area contributed by atoms with Crippen molar-refractivity contribution in [1.82, 2.24) is 4.72 Å². The normalized spacial score (nSPS) is 16.3. The van der Waals surface area contributed by atoms with Gasteiger partial charge in [0.15, 0.2) is 0 Å². The Labute approximate surface area is 115 Å². The van der Waals surface area contributed by atoms with Crippen molar-refractivity contribution in [3.8, 4) is 0 Å². The molecule has 0 aliphatic carbocycles. The first-order chi connectivity index (χ1) is 8.99. The molecule has 19 heavy (non-hydrogen) atoms. The van der Waals surface area contributed by atoms with Gasteiger partial charge < -0.3 is 4.90 Å². The molecule has 0 atom stereocenters. The van der Waals surface area contributed by atoms with E-state index in [1.807, 2.05) is 26.0 Å². The third-order valence-corrected chi connectivity index (χ3v) is 4.74. The van der Waals surface area contributed by atoms with Gasteiger partial charge in [-0.2, -0.15) is 0 Å². The van der Waals surface area contributed by atoms with Crippen LogP contribution in [0.3, 0.4) is 0 Å². The summed E-state index contributed by atoms with van der Waals surface area (Å²) in [6, 6.07) is 7.18. The molecular weight excluding hydrogens is 260 g/mol. The molecule has 1 heterocycles. The summed E-state index contributed by atoms with van der Waals surface area (Å²) in [7, 11) is -3.36. The molecule has 0 radical (unpaired) electrons. The molecule has 0 amide bonds. The van der Waals surface area contributed by atoms with Crippen molar-refractivity contribution >= 4 is 15.7 Å². The minimum absolute atomic E-state index is 0.304. The summed E-state index contributed by atoms with van der Waals surface area (Å²) in [5, 5.41) is 0. The van der Waals surface area contributed by atoms with Gasteiger partial charge in [0.1, 0.15) is 0 Å². The van der Waals surface area contributed by atoms with Gasteiger partial charge in [0.25, 0.3) is 0 Å². The van der Waals surface area contributed by atoms with Gasteiger partial charge in [-0.25, -0.2) is 13.1 Å². The highest BCUT2D eigenvalue weighted by molar-refractivity contribution is 7.89. The molecule has 1 saturated heterocycles. The maximum atomic E-state index is 12.0. The Hall–Kier alpha value is -1.07. The Balaban J connectivity index is 2.08. The lowest BCUT2D eigenvalue weighted by molar-refractivity contribution is 0.560. The van der Waals surface area contributed by atoms with Gasteiger partial charge in [0, 0.05) is 25.3 Å². The average molecular weight is 282 g/mol. The van der Waals surface area contributed by atoms with E-state index in [0.29, 0.717) is 17.4 Å². The summed E-state index contributed by atoms with van der Waals surface area (Å²) >= 11 is 0. The van der Waals surface area contributed by atoms with Crippen LogP contribution >= 0.6 is 0 Å². The number of hydrogen-bond donors (Lipinski definition) is 1. The van der Waals surface area contributed by atoms with E-state index in [0.717, 1.165) is 18.8 Å². The second kappa shape index (κ2) is 5.92. The monoisotopic (exact) mass is 282 g/mol. The molecule has 0 aromatic heterocycles. The maximum absolute atomic E-state index is 12.0. The van der Waals surface area contributed by atoms with E-state index in [-0.39, 0.29) is 0 Å². The van der Waals surface area contributed by atoms with Gasteiger partial charge >= 0.3 is 0 Å². The van der Waals surface area contributed by atoms with E-state index in [9.17, 15) is 8.42 Å². The Kier molecular flexibility index (Phi) is 4.47. The average Bonchev–Trinajstić information content (AvgIpc) is 2.91. The molecular formula is C14H22N2O2S. The Morgan fingerprint density at radius 2 is 1.74 bits per heavy atom. The van der Waals surface area contributed by atoms with Crippen LogP contribution in [-0.2, 0) is 10.0 Å². The molecule has 1 aliphatic rings. The summed E-state index contributed by atoms with van der Waals surface area (Å²) in [5.41, 5.74) is 1.11. The summed E-state index contributed by atoms with van der Waals surface area (Å²) in [6.45, 7) is 6.57. The van der Waals surface area contributed by atoms with Crippen molar-refractivity contribution in [2.75, 3.05) is 24.5 Å². The molecule has 1 fully saturated rings. The lowest BCUT2D eigenvalue weighted by Gasteiger charge is -2.17. The second-order valence-electron chi connectivity index (χ2n) is 5.43. The molecule has 0 spiro atoms. The molecule has 0 bridgehead atoms. The Morgan fingerprint density at radius 1 is 1.16 bits per heavy atom. The number of nitrogens with one attached hydrogen (secondary N) is 1. The lowest BCUT2D eigenvalue weighted by Crippen LogP contribution is -2.27. The largest absolute Gasteiger partial charge is 0.372 e. The van der Waals surface area contributed by atoms with E-state index in [4.69, 9.17) is 0 Å². The SMILES string of the molecule is CC(C)CNS(=O)(=O)c1ccc(N2CCCC2)cc1. The molecule has 1 aromatic rings. The van der Waals surface area contributed by atoms with Crippen LogP contribution in [0.1, 0.15) is 26.7 Å². The fourth-order valence-corrected chi connectivity index (χ4v) is 3.38. The molecule has 1 N–H and O–H groups in total. The van der Waals surface area contributed by atoms with Crippen LogP contribution in [0.5, 0.6) is 0 Å². The van der Waals surface area contributed by atoms with Crippen LogP contribution in [0.2, 0.25) is 0 Å². The third kappa shape index (κ3) is 3.70. The lowest BCUT2D eigenvalue weighted by atomic mass is 10.2. The molecule has 4 nitrogen and oxygen atoms in total. The van der Waals surface area contributed by atoms with Crippen molar-refractivity contribution in [2.45, 2.75) is 31.6 Å². The quantitative estimate of drug-likeness (QED) is 0.901. The van der Waals surface area contributed by atoms with Gasteiger partial charge in [-0.15, -0.1) is 0 Å². The topological polar surface area (TPSA) is 49.4 Å². The number of nitrogens with zero attached hydrogens (tertiary/aromatic N) is 1. The summed E-state index contributed by atoms with van der Waals surface area (Å²) in [5.74, 6) is 0.304. The minimum atomic E-state index is -3.36. The van der Waals surface area contributed by atoms with Crippen LogP contribution in [0.15, 0.2) is 29.2 Å². The van der Waals surface area contributed by atoms with E-state index >= 15 is 0 Å². The number of hydrogen-bond acceptors (Lipinski definition) is 3. The zero-order valence-corrected chi connectivity index (χ0v) is 12.4. The van der Waals surface area contributed by atoms with Crippen LogP contribution in [-0.4, -0.2) is 28.1 Å². The maximum Gasteiger partial charge on any atom is 0.240 e. The van der Waals surface area contributed by atoms with Gasteiger partial charge in [0.2, 0.25) is 10.0 Å². The highest BCUT2D eigenvalue weighted by atomic mass is 32.2. The molecule has 5 heteroatoms. The van der Waals surface area contributed by atoms with Crippen molar-refractivity contribution in [1.29, 1.82) is 0 Å². The predicted octanol–water partition coefficient (Wildman–Crippen LogP) is 2.22. The first kappa shape index (κ1) is 14.3. The Bertz CT molecular complexity index is 503. The highest BCUT2D eigenvalue weighted by Crippen LogP contribution is 2.21. The number of anilines is 1.